The molecule has 0 unspecified atom stereocenters. The van der Waals surface area contributed by atoms with E-state index in [0.29, 0.717) is 18.1 Å². The normalized spacial score (nSPS) is 12.2. The van der Waals surface area contributed by atoms with Gasteiger partial charge in [-0.05, 0) is 5.92 Å². The molecule has 0 atom stereocenters. The van der Waals surface area contributed by atoms with Gasteiger partial charge in [-0.2, -0.15) is 15.4 Å². The second-order valence-electron chi connectivity index (χ2n) is 4.10. The van der Waals surface area contributed by atoms with Crippen LogP contribution >= 0.6 is 10.7 Å². The zero-order valence-electron chi connectivity index (χ0n) is 9.70. The van der Waals surface area contributed by atoms with E-state index in [1.807, 2.05) is 13.8 Å². The Bertz CT molecular complexity index is 633. The number of nitrogens with zero attached hydrogens (tertiary/aromatic N) is 5. The first-order valence-electron chi connectivity index (χ1n) is 5.13. The molecular weight excluding hydrogens is 280 g/mol. The molecule has 0 radical (unpaired) electrons. The lowest BCUT2D eigenvalue weighted by Crippen LogP contribution is -2.12. The van der Waals surface area contributed by atoms with Gasteiger partial charge >= 0.3 is 0 Å². The molecule has 2 rings (SSSR count). The van der Waals surface area contributed by atoms with Crippen molar-refractivity contribution in [2.24, 2.45) is 5.92 Å². The molecule has 0 aromatic carbocycles. The van der Waals surface area contributed by atoms with E-state index in [9.17, 15) is 8.42 Å². The molecule has 1 N–H and O–H groups in total. The minimum atomic E-state index is -3.95. The third-order valence-corrected chi connectivity index (χ3v) is 3.28. The van der Waals surface area contributed by atoms with Gasteiger partial charge in [0.1, 0.15) is 5.69 Å². The van der Waals surface area contributed by atoms with Crippen molar-refractivity contribution < 1.29 is 8.42 Å². The molecule has 2 aromatic rings. The summed E-state index contributed by atoms with van der Waals surface area (Å²) in [7, 11) is 1.38. The van der Waals surface area contributed by atoms with Gasteiger partial charge in [-0.1, -0.05) is 13.8 Å². The van der Waals surface area contributed by atoms with Gasteiger partial charge in [-0.15, -0.1) is 10.2 Å². The van der Waals surface area contributed by atoms with E-state index in [1.165, 1.54) is 10.8 Å². The highest BCUT2D eigenvalue weighted by atomic mass is 35.7. The highest BCUT2D eigenvalue weighted by Crippen LogP contribution is 2.21. The van der Waals surface area contributed by atoms with Crippen LogP contribution in [-0.4, -0.2) is 38.6 Å². The molecule has 0 saturated heterocycles. The summed E-state index contributed by atoms with van der Waals surface area (Å²) < 4.78 is 24.3. The van der Waals surface area contributed by atoms with E-state index in [1.54, 1.807) is 0 Å². The summed E-state index contributed by atoms with van der Waals surface area (Å²) in [4.78, 5) is 0. The quantitative estimate of drug-likeness (QED) is 0.828. The van der Waals surface area contributed by atoms with Crippen molar-refractivity contribution in [2.75, 3.05) is 0 Å². The Balaban J connectivity index is 2.58. The van der Waals surface area contributed by atoms with Crippen LogP contribution in [-0.2, 0) is 15.6 Å². The minimum absolute atomic E-state index is 0.198. The molecular formula is C8H11ClN6O2S. The van der Waals surface area contributed by atoms with Crippen molar-refractivity contribution in [3.63, 3.8) is 0 Å². The van der Waals surface area contributed by atoms with E-state index in [-0.39, 0.29) is 11.1 Å². The van der Waals surface area contributed by atoms with Crippen molar-refractivity contribution in [1.29, 1.82) is 0 Å². The average molecular weight is 291 g/mol. The molecule has 10 heteroatoms. The molecule has 0 spiro atoms. The number of rotatable bonds is 4. The van der Waals surface area contributed by atoms with Crippen LogP contribution in [0, 0.1) is 5.92 Å². The van der Waals surface area contributed by atoms with E-state index >= 15 is 0 Å². The lowest BCUT2D eigenvalue weighted by atomic mass is 10.2. The smallest absolute Gasteiger partial charge is 0.295 e. The van der Waals surface area contributed by atoms with Gasteiger partial charge in [0.25, 0.3) is 14.2 Å². The predicted molar refractivity (Wildman–Crippen MR) is 63.3 cm³/mol. The molecule has 0 aliphatic heterocycles. The number of aromatic nitrogens is 6. The Morgan fingerprint density at radius 3 is 2.67 bits per heavy atom. The lowest BCUT2D eigenvalue weighted by Gasteiger charge is -2.09. The SMILES string of the molecule is CC(C)Cn1c(-c2cn[nH]n2)nnc1S(=O)(=O)Cl. The maximum Gasteiger partial charge on any atom is 0.296 e. The lowest BCUT2D eigenvalue weighted by molar-refractivity contribution is 0.488. The number of halogens is 1. The number of hydrogen-bond acceptors (Lipinski definition) is 6. The second kappa shape index (κ2) is 4.65. The highest BCUT2D eigenvalue weighted by molar-refractivity contribution is 8.13. The van der Waals surface area contributed by atoms with Gasteiger partial charge in [0.05, 0.1) is 6.20 Å². The molecule has 18 heavy (non-hydrogen) atoms. The molecule has 0 amide bonds. The molecule has 0 aliphatic carbocycles. The Morgan fingerprint density at radius 1 is 1.44 bits per heavy atom. The summed E-state index contributed by atoms with van der Waals surface area (Å²) in [6.45, 7) is 4.30. The van der Waals surface area contributed by atoms with Gasteiger partial charge in [-0.25, -0.2) is 8.42 Å². The molecule has 8 nitrogen and oxygen atoms in total. The molecule has 2 aromatic heterocycles. The molecule has 0 saturated carbocycles. The van der Waals surface area contributed by atoms with Gasteiger partial charge in [0, 0.05) is 17.2 Å². The first-order valence-corrected chi connectivity index (χ1v) is 7.44. The zero-order chi connectivity index (χ0) is 13.3. The van der Waals surface area contributed by atoms with Crippen LogP contribution in [0.25, 0.3) is 11.5 Å². The number of aromatic amines is 1. The number of hydrogen-bond donors (Lipinski definition) is 1. The molecule has 0 bridgehead atoms. The van der Waals surface area contributed by atoms with Gasteiger partial charge < -0.3 is 0 Å². The number of nitrogens with one attached hydrogen (secondary N) is 1. The topological polar surface area (TPSA) is 106 Å². The van der Waals surface area contributed by atoms with Crippen LogP contribution in [0.15, 0.2) is 11.4 Å². The highest BCUT2D eigenvalue weighted by Gasteiger charge is 2.24. The fraction of sp³-hybridized carbons (Fsp3) is 0.500. The monoisotopic (exact) mass is 290 g/mol. The van der Waals surface area contributed by atoms with E-state index in [4.69, 9.17) is 10.7 Å². The Morgan fingerprint density at radius 2 is 2.17 bits per heavy atom. The third kappa shape index (κ3) is 2.51. The summed E-state index contributed by atoms with van der Waals surface area (Å²) in [5, 5.41) is 17.1. The maximum atomic E-state index is 11.4. The van der Waals surface area contributed by atoms with Crippen molar-refractivity contribution in [3.8, 4) is 11.5 Å². The second-order valence-corrected chi connectivity index (χ2v) is 6.56. The Hall–Kier alpha value is -1.48. The molecule has 2 heterocycles. The average Bonchev–Trinajstić information content (AvgIpc) is 2.81. The standard InChI is InChI=1S/C8H11ClN6O2S/c1-5(2)4-15-7(6-3-10-14-11-6)12-13-8(15)18(9,16)17/h3,5H,4H2,1-2H3,(H,10,11,14). The van der Waals surface area contributed by atoms with Crippen molar-refractivity contribution in [2.45, 2.75) is 25.5 Å². The van der Waals surface area contributed by atoms with Crippen molar-refractivity contribution in [3.05, 3.63) is 6.20 Å². The van der Waals surface area contributed by atoms with E-state index < -0.39 is 9.05 Å². The molecule has 0 fully saturated rings. The first-order chi connectivity index (χ1) is 8.39. The van der Waals surface area contributed by atoms with Crippen molar-refractivity contribution in [1.82, 2.24) is 30.2 Å². The predicted octanol–water partition coefficient (Wildman–Crippen LogP) is 0.647. The summed E-state index contributed by atoms with van der Waals surface area (Å²) in [6, 6.07) is 0. The number of H-pyrrole nitrogens is 1. The maximum absolute atomic E-state index is 11.4. The summed E-state index contributed by atoms with van der Waals surface area (Å²) in [5.41, 5.74) is 0.412. The Labute approximate surface area is 108 Å². The largest absolute Gasteiger partial charge is 0.296 e. The van der Waals surface area contributed by atoms with Crippen LogP contribution in [0.5, 0.6) is 0 Å². The summed E-state index contributed by atoms with van der Waals surface area (Å²) >= 11 is 0. The minimum Gasteiger partial charge on any atom is -0.295 e. The van der Waals surface area contributed by atoms with Crippen LogP contribution in [0.4, 0.5) is 0 Å². The van der Waals surface area contributed by atoms with E-state index in [2.05, 4.69) is 25.6 Å². The van der Waals surface area contributed by atoms with Crippen LogP contribution in [0.2, 0.25) is 0 Å². The third-order valence-electron chi connectivity index (χ3n) is 2.13. The molecule has 98 valence electrons. The summed E-state index contributed by atoms with van der Waals surface area (Å²) in [5.74, 6) is 0.514. The van der Waals surface area contributed by atoms with Crippen LogP contribution in [0.3, 0.4) is 0 Å². The zero-order valence-corrected chi connectivity index (χ0v) is 11.3. The first kappa shape index (κ1) is 13.0. The van der Waals surface area contributed by atoms with Gasteiger partial charge in [0.15, 0.2) is 5.82 Å². The fourth-order valence-electron chi connectivity index (χ4n) is 1.50. The van der Waals surface area contributed by atoms with Crippen LogP contribution in [0.1, 0.15) is 13.8 Å². The Kier molecular flexibility index (Phi) is 3.35. The molecule has 0 aliphatic rings. The van der Waals surface area contributed by atoms with Crippen LogP contribution < -0.4 is 0 Å². The van der Waals surface area contributed by atoms with E-state index in [0.717, 1.165) is 0 Å². The van der Waals surface area contributed by atoms with Gasteiger partial charge in [0.2, 0.25) is 0 Å². The van der Waals surface area contributed by atoms with Crippen molar-refractivity contribution >= 4 is 19.7 Å². The fourth-order valence-corrected chi connectivity index (χ4v) is 2.40. The van der Waals surface area contributed by atoms with Gasteiger partial charge in [-0.3, -0.25) is 4.57 Å². The summed E-state index contributed by atoms with van der Waals surface area (Å²) in [6.07, 6.45) is 1.44.